The number of aliphatic hydroxyl groups is 1. The lowest BCUT2D eigenvalue weighted by molar-refractivity contribution is -0.0381. The average Bonchev–Trinajstić information content (AvgIpc) is 2.43. The number of hydrogen-bond acceptors (Lipinski definition) is 3. The number of aryl methyl sites for hydroxylation is 1. The van der Waals surface area contributed by atoms with Gasteiger partial charge in [0.15, 0.2) is 0 Å². The van der Waals surface area contributed by atoms with Gasteiger partial charge in [-0.2, -0.15) is 0 Å². The fraction of sp³-hybridized carbons (Fsp3) is 0.444. The Morgan fingerprint density at radius 3 is 2.48 bits per heavy atom. The molecule has 2 atom stereocenters. The Morgan fingerprint density at radius 1 is 1.24 bits per heavy atom. The Balaban J connectivity index is 2.55. The van der Waals surface area contributed by atoms with Crippen molar-refractivity contribution in [2.75, 3.05) is 5.73 Å². The molecular formula is C18H25N2O. The lowest BCUT2D eigenvalue weighted by atomic mass is 9.76. The molecule has 1 radical (unpaired) electrons. The summed E-state index contributed by atoms with van der Waals surface area (Å²) < 4.78 is 0. The van der Waals surface area contributed by atoms with Crippen LogP contribution in [-0.4, -0.2) is 15.7 Å². The first-order valence-corrected chi connectivity index (χ1v) is 7.45. The summed E-state index contributed by atoms with van der Waals surface area (Å²) in [5.41, 5.74) is 8.02. The lowest BCUT2D eigenvalue weighted by Gasteiger charge is -2.36. The average molecular weight is 285 g/mol. The van der Waals surface area contributed by atoms with E-state index in [-0.39, 0.29) is 11.8 Å². The molecule has 2 aromatic rings. The summed E-state index contributed by atoms with van der Waals surface area (Å²) in [6.45, 7) is 12.0. The number of anilines is 1. The van der Waals surface area contributed by atoms with Crippen molar-refractivity contribution in [2.24, 2.45) is 11.8 Å². The van der Waals surface area contributed by atoms with Crippen LogP contribution in [-0.2, 0) is 6.42 Å². The molecular weight excluding hydrogens is 260 g/mol. The molecule has 1 aromatic carbocycles. The fourth-order valence-electron chi connectivity index (χ4n) is 2.80. The molecule has 1 heterocycles. The minimum Gasteiger partial charge on any atom is -0.398 e. The summed E-state index contributed by atoms with van der Waals surface area (Å²) in [4.78, 5) is 4.48. The Hall–Kier alpha value is -1.61. The molecule has 2 rings (SSSR count). The topological polar surface area (TPSA) is 59.1 Å². The van der Waals surface area contributed by atoms with Crippen LogP contribution < -0.4 is 5.73 Å². The summed E-state index contributed by atoms with van der Waals surface area (Å²) in [5, 5.41) is 13.0. The van der Waals surface area contributed by atoms with Crippen LogP contribution >= 0.6 is 0 Å². The maximum absolute atomic E-state index is 11.0. The fourth-order valence-corrected chi connectivity index (χ4v) is 2.80. The highest BCUT2D eigenvalue weighted by atomic mass is 16.3. The number of rotatable bonds is 4. The van der Waals surface area contributed by atoms with Crippen molar-refractivity contribution in [3.05, 3.63) is 42.6 Å². The zero-order valence-electron chi connectivity index (χ0n) is 13.4. The number of aromatic nitrogens is 1. The predicted octanol–water partition coefficient (Wildman–Crippen LogP) is 3.53. The van der Waals surface area contributed by atoms with Gasteiger partial charge in [-0.15, -0.1) is 0 Å². The zero-order chi connectivity index (χ0) is 15.8. The minimum atomic E-state index is -0.874. The molecule has 3 N–H and O–H groups in total. The van der Waals surface area contributed by atoms with Crippen LogP contribution in [0, 0.1) is 25.7 Å². The van der Waals surface area contributed by atoms with Gasteiger partial charge in [-0.25, -0.2) is 0 Å². The molecule has 2 unspecified atom stereocenters. The number of fused-ring (bicyclic) bond motifs is 1. The van der Waals surface area contributed by atoms with Crippen molar-refractivity contribution in [1.82, 2.24) is 4.98 Å². The van der Waals surface area contributed by atoms with E-state index in [1.165, 1.54) is 0 Å². The Kier molecular flexibility index (Phi) is 4.24. The van der Waals surface area contributed by atoms with Gasteiger partial charge in [0.1, 0.15) is 0 Å². The van der Waals surface area contributed by atoms with Gasteiger partial charge in [0.25, 0.3) is 0 Å². The number of nitrogens with two attached hydrogens (primary N) is 1. The SMILES string of the molecule is [CH2]C(C)C(O)(Cc1nccc2c(N)c(C)ccc12)C(C)C. The van der Waals surface area contributed by atoms with Gasteiger partial charge in [-0.3, -0.25) is 4.98 Å². The van der Waals surface area contributed by atoms with E-state index in [1.54, 1.807) is 6.20 Å². The number of pyridine rings is 1. The second kappa shape index (κ2) is 5.64. The Morgan fingerprint density at radius 2 is 1.90 bits per heavy atom. The number of hydrogen-bond donors (Lipinski definition) is 2. The van der Waals surface area contributed by atoms with Crippen LogP contribution in [0.1, 0.15) is 32.0 Å². The van der Waals surface area contributed by atoms with Gasteiger partial charge in [-0.05, 0) is 37.3 Å². The van der Waals surface area contributed by atoms with Crippen molar-refractivity contribution in [2.45, 2.75) is 39.7 Å². The van der Waals surface area contributed by atoms with Gasteiger partial charge >= 0.3 is 0 Å². The maximum Gasteiger partial charge on any atom is 0.0751 e. The summed E-state index contributed by atoms with van der Waals surface area (Å²) in [6, 6.07) is 5.98. The zero-order valence-corrected chi connectivity index (χ0v) is 13.4. The molecule has 0 aliphatic heterocycles. The molecule has 0 spiro atoms. The molecule has 21 heavy (non-hydrogen) atoms. The first-order chi connectivity index (χ1) is 9.77. The standard InChI is InChI=1S/C18H25N2O/c1-11(2)18(21,12(3)4)10-16-14-7-6-13(5)17(19)15(14)8-9-20-16/h6-9,11-12,21H,1,10,19H2,2-5H3. The Bertz CT molecular complexity index is 639. The van der Waals surface area contributed by atoms with E-state index in [0.29, 0.717) is 6.42 Å². The molecule has 0 saturated heterocycles. The van der Waals surface area contributed by atoms with Crippen molar-refractivity contribution >= 4 is 16.5 Å². The summed E-state index contributed by atoms with van der Waals surface area (Å²) >= 11 is 0. The largest absolute Gasteiger partial charge is 0.398 e. The van der Waals surface area contributed by atoms with Crippen molar-refractivity contribution in [3.8, 4) is 0 Å². The maximum atomic E-state index is 11.0. The molecule has 3 nitrogen and oxygen atoms in total. The van der Waals surface area contributed by atoms with Gasteiger partial charge in [0.2, 0.25) is 0 Å². The minimum absolute atomic E-state index is 0.0858. The van der Waals surface area contributed by atoms with Crippen LogP contribution in [0.15, 0.2) is 24.4 Å². The number of nitrogen functional groups attached to an aromatic ring is 1. The van der Waals surface area contributed by atoms with E-state index in [0.717, 1.165) is 27.7 Å². The van der Waals surface area contributed by atoms with E-state index in [4.69, 9.17) is 5.73 Å². The highest BCUT2D eigenvalue weighted by molar-refractivity contribution is 5.95. The van der Waals surface area contributed by atoms with E-state index in [9.17, 15) is 5.11 Å². The van der Waals surface area contributed by atoms with Crippen molar-refractivity contribution in [3.63, 3.8) is 0 Å². The lowest BCUT2D eigenvalue weighted by Crippen LogP contribution is -2.43. The molecule has 0 bridgehead atoms. The first kappa shape index (κ1) is 15.8. The van der Waals surface area contributed by atoms with Crippen LogP contribution in [0.2, 0.25) is 0 Å². The van der Waals surface area contributed by atoms with Crippen LogP contribution in [0.3, 0.4) is 0 Å². The highest BCUT2D eigenvalue weighted by Gasteiger charge is 2.35. The van der Waals surface area contributed by atoms with E-state index in [1.807, 2.05) is 45.9 Å². The van der Waals surface area contributed by atoms with E-state index < -0.39 is 5.60 Å². The van der Waals surface area contributed by atoms with Crippen molar-refractivity contribution < 1.29 is 5.11 Å². The molecule has 0 aliphatic rings. The first-order valence-electron chi connectivity index (χ1n) is 7.45. The molecule has 0 aliphatic carbocycles. The van der Waals surface area contributed by atoms with Gasteiger partial charge in [-0.1, -0.05) is 32.9 Å². The number of nitrogens with zero attached hydrogens (tertiary/aromatic N) is 1. The van der Waals surface area contributed by atoms with E-state index >= 15 is 0 Å². The van der Waals surface area contributed by atoms with Gasteiger partial charge in [0.05, 0.1) is 11.3 Å². The van der Waals surface area contributed by atoms with Gasteiger partial charge in [0, 0.05) is 29.1 Å². The second-order valence-electron chi connectivity index (χ2n) is 6.37. The number of benzene rings is 1. The normalized spacial score (nSPS) is 12.6. The van der Waals surface area contributed by atoms with Crippen LogP contribution in [0.4, 0.5) is 5.69 Å². The summed E-state index contributed by atoms with van der Waals surface area (Å²) in [6.07, 6.45) is 2.25. The van der Waals surface area contributed by atoms with E-state index in [2.05, 4.69) is 11.9 Å². The third-order valence-corrected chi connectivity index (χ3v) is 4.59. The highest BCUT2D eigenvalue weighted by Crippen LogP contribution is 2.33. The van der Waals surface area contributed by atoms with Gasteiger partial charge < -0.3 is 10.8 Å². The Labute approximate surface area is 127 Å². The van der Waals surface area contributed by atoms with Crippen LogP contribution in [0.5, 0.6) is 0 Å². The smallest absolute Gasteiger partial charge is 0.0751 e. The quantitative estimate of drug-likeness (QED) is 0.845. The molecule has 113 valence electrons. The molecule has 3 heteroatoms. The molecule has 0 fully saturated rings. The summed E-state index contributed by atoms with van der Waals surface area (Å²) in [7, 11) is 0. The molecule has 0 saturated carbocycles. The predicted molar refractivity (Wildman–Crippen MR) is 88.9 cm³/mol. The molecule has 1 aromatic heterocycles. The monoisotopic (exact) mass is 285 g/mol. The van der Waals surface area contributed by atoms with Crippen molar-refractivity contribution in [1.29, 1.82) is 0 Å². The third kappa shape index (κ3) is 2.75. The van der Waals surface area contributed by atoms with Crippen LogP contribution in [0.25, 0.3) is 10.8 Å². The third-order valence-electron chi connectivity index (χ3n) is 4.59. The second-order valence-corrected chi connectivity index (χ2v) is 6.37. The molecule has 0 amide bonds. The summed E-state index contributed by atoms with van der Waals surface area (Å²) in [5.74, 6) is 0.0159.